The minimum atomic E-state index is -3.66. The quantitative estimate of drug-likeness (QED) is 0.471. The van der Waals surface area contributed by atoms with Crippen molar-refractivity contribution in [3.63, 3.8) is 0 Å². The summed E-state index contributed by atoms with van der Waals surface area (Å²) in [4.78, 5) is 0.241. The third-order valence-electron chi connectivity index (χ3n) is 5.36. The van der Waals surface area contributed by atoms with E-state index in [1.807, 2.05) is 6.92 Å². The van der Waals surface area contributed by atoms with Gasteiger partial charge in [0.1, 0.15) is 0 Å². The lowest BCUT2D eigenvalue weighted by Crippen LogP contribution is -2.41. The predicted molar refractivity (Wildman–Crippen MR) is 113 cm³/mol. The van der Waals surface area contributed by atoms with Crippen LogP contribution in [0.4, 0.5) is 0 Å². The van der Waals surface area contributed by atoms with E-state index in [1.54, 1.807) is 24.3 Å². The molecule has 0 aromatic heterocycles. The zero-order chi connectivity index (χ0) is 20.2. The van der Waals surface area contributed by atoms with E-state index >= 15 is 0 Å². The first-order valence-corrected chi connectivity index (χ1v) is 14.3. The van der Waals surface area contributed by atoms with Crippen LogP contribution in [-0.4, -0.2) is 30.2 Å². The van der Waals surface area contributed by atoms with Gasteiger partial charge in [-0.25, -0.2) is 0 Å². The number of benzene rings is 1. The molecule has 2 rings (SSSR count). The highest BCUT2D eigenvalue weighted by molar-refractivity contribution is 7.86. The first-order valence-electron chi connectivity index (χ1n) is 10.1. The molecule has 1 aliphatic rings. The number of hydrogen-bond donors (Lipinski definition) is 0. The number of aryl methyl sites for hydroxylation is 1. The summed E-state index contributed by atoms with van der Waals surface area (Å²) in [5.74, 6) is 0.864. The van der Waals surface area contributed by atoms with Gasteiger partial charge in [-0.1, -0.05) is 38.5 Å². The molecular formula is C21H36O4SSi. The Morgan fingerprint density at radius 3 is 2.11 bits per heavy atom. The molecule has 154 valence electrons. The van der Waals surface area contributed by atoms with Crippen molar-refractivity contribution in [2.75, 3.05) is 6.61 Å². The van der Waals surface area contributed by atoms with Crippen LogP contribution >= 0.6 is 0 Å². The van der Waals surface area contributed by atoms with Crippen molar-refractivity contribution in [1.29, 1.82) is 0 Å². The Hall–Kier alpha value is -0.693. The molecule has 1 unspecified atom stereocenters. The second-order valence-corrected chi connectivity index (χ2v) is 13.3. The van der Waals surface area contributed by atoms with E-state index in [0.29, 0.717) is 17.9 Å². The fraction of sp³-hybridized carbons (Fsp3) is 0.714. The van der Waals surface area contributed by atoms with Crippen LogP contribution in [0.1, 0.15) is 52.0 Å². The second-order valence-electron chi connectivity index (χ2n) is 9.30. The number of rotatable bonds is 7. The lowest BCUT2D eigenvalue weighted by Gasteiger charge is -2.41. The second kappa shape index (κ2) is 9.20. The Kier molecular flexibility index (Phi) is 7.70. The maximum Gasteiger partial charge on any atom is 0.296 e. The van der Waals surface area contributed by atoms with Crippen molar-refractivity contribution in [2.45, 2.75) is 77.5 Å². The van der Waals surface area contributed by atoms with Crippen LogP contribution in [-0.2, 0) is 18.7 Å². The molecule has 0 saturated heterocycles. The van der Waals surface area contributed by atoms with E-state index in [9.17, 15) is 8.42 Å². The van der Waals surface area contributed by atoms with Crippen LogP contribution in [0.25, 0.3) is 0 Å². The summed E-state index contributed by atoms with van der Waals surface area (Å²) < 4.78 is 36.5. The summed E-state index contributed by atoms with van der Waals surface area (Å²) in [6, 6.07) is 6.82. The molecule has 0 N–H and O–H groups in total. The minimum Gasteiger partial charge on any atom is -0.417 e. The third kappa shape index (κ3) is 6.70. The molecule has 4 nitrogen and oxygen atoms in total. The van der Waals surface area contributed by atoms with Gasteiger partial charge in [-0.05, 0) is 75.1 Å². The van der Waals surface area contributed by atoms with Crippen molar-refractivity contribution in [1.82, 2.24) is 0 Å². The van der Waals surface area contributed by atoms with Crippen LogP contribution < -0.4 is 0 Å². The fourth-order valence-corrected chi connectivity index (χ4v) is 6.13. The highest BCUT2D eigenvalue weighted by atomic mass is 32.2. The van der Waals surface area contributed by atoms with E-state index in [2.05, 4.69) is 33.9 Å². The highest BCUT2D eigenvalue weighted by Gasteiger charge is 2.36. The molecule has 1 aromatic carbocycles. The molecule has 0 spiro atoms. The minimum absolute atomic E-state index is 0.139. The van der Waals surface area contributed by atoms with Crippen molar-refractivity contribution in [3.05, 3.63) is 29.8 Å². The molecule has 0 aliphatic heterocycles. The van der Waals surface area contributed by atoms with Gasteiger partial charge < -0.3 is 4.43 Å². The highest BCUT2D eigenvalue weighted by Crippen LogP contribution is 2.39. The summed E-state index contributed by atoms with van der Waals surface area (Å²) in [6.07, 6.45) is 4.47. The summed E-state index contributed by atoms with van der Waals surface area (Å²) in [7, 11) is -4.76. The standard InChI is InChI=1S/C21H36O4SSi/c1-16-7-13-19(14-8-16)26(22,23)24-15-17-9-11-18(12-10-17)20(21(2,3)4)25-27(5)6/h7-8,13-14,17-18,20,27H,9-12,15H2,1-6H3. The normalized spacial score (nSPS) is 22.8. The van der Waals surface area contributed by atoms with Gasteiger partial charge in [0.2, 0.25) is 0 Å². The smallest absolute Gasteiger partial charge is 0.296 e. The largest absolute Gasteiger partial charge is 0.417 e. The zero-order valence-electron chi connectivity index (χ0n) is 17.7. The molecule has 1 aromatic rings. The van der Waals surface area contributed by atoms with Crippen LogP contribution in [0.2, 0.25) is 13.1 Å². The van der Waals surface area contributed by atoms with Crippen LogP contribution in [0.5, 0.6) is 0 Å². The molecular weight excluding hydrogens is 376 g/mol. The number of hydrogen-bond acceptors (Lipinski definition) is 4. The summed E-state index contributed by atoms with van der Waals surface area (Å²) in [5, 5.41) is 0. The van der Waals surface area contributed by atoms with Gasteiger partial charge in [0.15, 0.2) is 9.04 Å². The zero-order valence-corrected chi connectivity index (χ0v) is 19.7. The van der Waals surface area contributed by atoms with Crippen LogP contribution in [0, 0.1) is 24.2 Å². The van der Waals surface area contributed by atoms with Crippen molar-refractivity contribution >= 4 is 19.2 Å². The van der Waals surface area contributed by atoms with Gasteiger partial charge in [-0.3, -0.25) is 4.18 Å². The molecule has 0 heterocycles. The SMILES string of the molecule is Cc1ccc(S(=O)(=O)OCC2CCC(C(O[SiH](C)C)C(C)(C)C)CC2)cc1. The molecule has 1 fully saturated rings. The van der Waals surface area contributed by atoms with Gasteiger partial charge in [-0.2, -0.15) is 8.42 Å². The van der Waals surface area contributed by atoms with Crippen LogP contribution in [0.3, 0.4) is 0 Å². The Morgan fingerprint density at radius 2 is 1.63 bits per heavy atom. The third-order valence-corrected chi connectivity index (χ3v) is 7.49. The lowest BCUT2D eigenvalue weighted by atomic mass is 9.72. The summed E-state index contributed by atoms with van der Waals surface area (Å²) in [6.45, 7) is 13.5. The maximum atomic E-state index is 12.4. The molecule has 6 heteroatoms. The summed E-state index contributed by atoms with van der Waals surface area (Å²) >= 11 is 0. The molecule has 0 amide bonds. The Labute approximate surface area is 167 Å². The molecule has 1 saturated carbocycles. The predicted octanol–water partition coefficient (Wildman–Crippen LogP) is 4.92. The first kappa shape index (κ1) is 22.6. The monoisotopic (exact) mass is 412 g/mol. The van der Waals surface area contributed by atoms with E-state index in [1.165, 1.54) is 0 Å². The topological polar surface area (TPSA) is 52.6 Å². The Balaban J connectivity index is 1.89. The van der Waals surface area contributed by atoms with E-state index in [4.69, 9.17) is 8.61 Å². The Morgan fingerprint density at radius 1 is 1.07 bits per heavy atom. The van der Waals surface area contributed by atoms with Crippen molar-refractivity contribution in [2.24, 2.45) is 17.3 Å². The van der Waals surface area contributed by atoms with Crippen LogP contribution in [0.15, 0.2) is 29.2 Å². The maximum absolute atomic E-state index is 12.4. The van der Waals surface area contributed by atoms with E-state index in [0.717, 1.165) is 31.2 Å². The Bertz CT molecular complexity index is 684. The first-order chi connectivity index (χ1) is 12.5. The van der Waals surface area contributed by atoms with Gasteiger partial charge in [0, 0.05) is 0 Å². The molecule has 0 bridgehead atoms. The molecule has 27 heavy (non-hydrogen) atoms. The summed E-state index contributed by atoms with van der Waals surface area (Å²) in [5.41, 5.74) is 1.17. The van der Waals surface area contributed by atoms with Gasteiger partial charge in [0.05, 0.1) is 17.6 Å². The van der Waals surface area contributed by atoms with Gasteiger partial charge in [-0.15, -0.1) is 0 Å². The molecule has 1 atom stereocenters. The van der Waals surface area contributed by atoms with Gasteiger partial charge in [0.25, 0.3) is 10.1 Å². The lowest BCUT2D eigenvalue weighted by molar-refractivity contribution is 0.00812. The molecule has 0 radical (unpaired) electrons. The average Bonchev–Trinajstić information content (AvgIpc) is 2.58. The fourth-order valence-electron chi connectivity index (χ4n) is 3.93. The molecule has 1 aliphatic carbocycles. The van der Waals surface area contributed by atoms with Crippen molar-refractivity contribution < 1.29 is 17.0 Å². The van der Waals surface area contributed by atoms with Crippen molar-refractivity contribution in [3.8, 4) is 0 Å². The van der Waals surface area contributed by atoms with Gasteiger partial charge >= 0.3 is 0 Å². The van der Waals surface area contributed by atoms with E-state index < -0.39 is 19.2 Å². The van der Waals surface area contributed by atoms with E-state index in [-0.39, 0.29) is 16.9 Å². The average molecular weight is 413 g/mol.